The number of aryl methyl sites for hydroxylation is 2. The van der Waals surface area contributed by atoms with Crippen LogP contribution in [0.4, 0.5) is 10.1 Å². The van der Waals surface area contributed by atoms with E-state index in [1.807, 2.05) is 32.9 Å². The lowest BCUT2D eigenvalue weighted by Crippen LogP contribution is -2.32. The van der Waals surface area contributed by atoms with Gasteiger partial charge in [-0.2, -0.15) is 5.10 Å². The van der Waals surface area contributed by atoms with Gasteiger partial charge in [-0.15, -0.1) is 0 Å². The third kappa shape index (κ3) is 7.04. The third-order valence-electron chi connectivity index (χ3n) is 4.93. The molecule has 3 rings (SSSR count). The van der Waals surface area contributed by atoms with Gasteiger partial charge < -0.3 is 14.8 Å². The number of ether oxygens (including phenoxy) is 2. The lowest BCUT2D eigenvalue weighted by Gasteiger charge is -2.13. The largest absolute Gasteiger partial charge is 0.490 e. The molecule has 0 radical (unpaired) electrons. The first-order valence-electron chi connectivity index (χ1n) is 10.8. The van der Waals surface area contributed by atoms with Crippen molar-refractivity contribution in [3.63, 3.8) is 0 Å². The van der Waals surface area contributed by atoms with Crippen molar-refractivity contribution in [2.75, 3.05) is 11.9 Å². The Hall–Kier alpha value is -3.91. The Bertz CT molecular complexity index is 1240. The summed E-state index contributed by atoms with van der Waals surface area (Å²) in [7, 11) is 0. The van der Waals surface area contributed by atoms with Crippen LogP contribution in [0.2, 0.25) is 5.02 Å². The van der Waals surface area contributed by atoms with E-state index in [1.54, 1.807) is 30.3 Å². The molecular weight excluding hydrogens is 473 g/mol. The lowest BCUT2D eigenvalue weighted by molar-refractivity contribution is -0.136. The molecule has 0 unspecified atom stereocenters. The molecule has 0 aliphatic heterocycles. The minimum atomic E-state index is -0.908. The zero-order valence-electron chi connectivity index (χ0n) is 19.5. The van der Waals surface area contributed by atoms with Gasteiger partial charge in [0, 0.05) is 11.3 Å². The van der Waals surface area contributed by atoms with E-state index in [2.05, 4.69) is 15.8 Å². The van der Waals surface area contributed by atoms with Crippen molar-refractivity contribution >= 4 is 35.3 Å². The molecule has 0 atom stereocenters. The van der Waals surface area contributed by atoms with Gasteiger partial charge in [-0.3, -0.25) is 9.59 Å². The Labute approximate surface area is 207 Å². The minimum absolute atomic E-state index is 0.0788. The SMILES string of the molecule is CCOc1cc(/C=N/NC(=O)C(=O)Nc2cc(C)ccc2C)ccc1OCc1c(F)cccc1Cl. The Morgan fingerprint density at radius 3 is 2.57 bits per heavy atom. The molecule has 3 aromatic carbocycles. The smallest absolute Gasteiger partial charge is 0.329 e. The van der Waals surface area contributed by atoms with Crippen LogP contribution in [0.5, 0.6) is 11.5 Å². The molecule has 2 amide bonds. The van der Waals surface area contributed by atoms with E-state index in [4.69, 9.17) is 21.1 Å². The van der Waals surface area contributed by atoms with Crippen molar-refractivity contribution in [3.05, 3.63) is 87.7 Å². The number of carbonyl (C=O) groups excluding carboxylic acids is 2. The average molecular weight is 498 g/mol. The predicted molar refractivity (Wildman–Crippen MR) is 134 cm³/mol. The van der Waals surface area contributed by atoms with E-state index < -0.39 is 17.6 Å². The number of benzene rings is 3. The molecule has 0 aliphatic rings. The van der Waals surface area contributed by atoms with Crippen LogP contribution < -0.4 is 20.2 Å². The molecule has 9 heteroatoms. The quantitative estimate of drug-likeness (QED) is 0.255. The Kier molecular flexibility index (Phi) is 8.80. The molecule has 0 bridgehead atoms. The van der Waals surface area contributed by atoms with Crippen LogP contribution in [0.3, 0.4) is 0 Å². The maximum absolute atomic E-state index is 14.0. The predicted octanol–water partition coefficient (Wildman–Crippen LogP) is 5.16. The van der Waals surface area contributed by atoms with Gasteiger partial charge in [-0.1, -0.05) is 29.8 Å². The van der Waals surface area contributed by atoms with Gasteiger partial charge in [-0.05, 0) is 73.9 Å². The van der Waals surface area contributed by atoms with Gasteiger partial charge in [0.25, 0.3) is 0 Å². The summed E-state index contributed by atoms with van der Waals surface area (Å²) in [6, 6.07) is 14.9. The van der Waals surface area contributed by atoms with E-state index in [-0.39, 0.29) is 17.2 Å². The molecule has 3 aromatic rings. The number of hydrogen-bond donors (Lipinski definition) is 2. The van der Waals surface area contributed by atoms with Crippen molar-refractivity contribution in [2.45, 2.75) is 27.4 Å². The van der Waals surface area contributed by atoms with Gasteiger partial charge in [0.2, 0.25) is 0 Å². The Balaban J connectivity index is 1.63. The number of anilines is 1. The second kappa shape index (κ2) is 12.0. The number of nitrogens with one attached hydrogen (secondary N) is 2. The van der Waals surface area contributed by atoms with Gasteiger partial charge in [0.05, 0.1) is 17.8 Å². The standard InChI is InChI=1S/C26H25ClFN3O4/c1-4-34-24-13-18(10-11-23(24)35-15-19-20(27)6-5-7-21(19)28)14-29-31-26(33)25(32)30-22-12-16(2)8-9-17(22)3/h5-14H,4,15H2,1-3H3,(H,30,32)(H,31,33)/b29-14+. The molecule has 0 aromatic heterocycles. The van der Waals surface area contributed by atoms with Gasteiger partial charge >= 0.3 is 11.8 Å². The lowest BCUT2D eigenvalue weighted by atomic mass is 10.1. The van der Waals surface area contributed by atoms with E-state index in [9.17, 15) is 14.0 Å². The van der Waals surface area contributed by atoms with Crippen LogP contribution in [0, 0.1) is 19.7 Å². The first kappa shape index (κ1) is 25.7. The second-order valence-corrected chi connectivity index (χ2v) is 8.01. The summed E-state index contributed by atoms with van der Waals surface area (Å²) in [5, 5.41) is 6.68. The summed E-state index contributed by atoms with van der Waals surface area (Å²) in [5.41, 5.74) is 5.38. The Morgan fingerprint density at radius 1 is 1.03 bits per heavy atom. The number of carbonyl (C=O) groups is 2. The van der Waals surface area contributed by atoms with Gasteiger partial charge in [0.15, 0.2) is 11.5 Å². The van der Waals surface area contributed by atoms with Crippen molar-refractivity contribution < 1.29 is 23.5 Å². The highest BCUT2D eigenvalue weighted by molar-refractivity contribution is 6.39. The maximum atomic E-state index is 14.0. The van der Waals surface area contributed by atoms with Crippen LogP contribution >= 0.6 is 11.6 Å². The van der Waals surface area contributed by atoms with Crippen molar-refractivity contribution in [1.29, 1.82) is 0 Å². The topological polar surface area (TPSA) is 89.0 Å². The van der Waals surface area contributed by atoms with Crippen LogP contribution in [-0.4, -0.2) is 24.6 Å². The molecular formula is C26H25ClFN3O4. The number of rotatable bonds is 8. The summed E-state index contributed by atoms with van der Waals surface area (Å²) in [6.07, 6.45) is 1.36. The van der Waals surface area contributed by atoms with E-state index in [1.165, 1.54) is 18.3 Å². The monoisotopic (exact) mass is 497 g/mol. The summed E-state index contributed by atoms with van der Waals surface area (Å²) < 4.78 is 25.3. The molecule has 35 heavy (non-hydrogen) atoms. The summed E-state index contributed by atoms with van der Waals surface area (Å²) >= 11 is 6.06. The molecule has 0 spiro atoms. The molecule has 0 aliphatic carbocycles. The fourth-order valence-electron chi connectivity index (χ4n) is 3.08. The number of hydrazone groups is 1. The summed E-state index contributed by atoms with van der Waals surface area (Å²) in [5.74, 6) is -1.41. The fraction of sp³-hybridized carbons (Fsp3) is 0.192. The highest BCUT2D eigenvalue weighted by Gasteiger charge is 2.14. The molecule has 0 saturated carbocycles. The van der Waals surface area contributed by atoms with E-state index in [0.29, 0.717) is 29.4 Å². The number of nitrogens with zero attached hydrogens (tertiary/aromatic N) is 1. The molecule has 7 nitrogen and oxygen atoms in total. The number of halogens is 2. The van der Waals surface area contributed by atoms with Crippen molar-refractivity contribution in [1.82, 2.24) is 5.43 Å². The van der Waals surface area contributed by atoms with Crippen LogP contribution in [-0.2, 0) is 16.2 Å². The molecule has 182 valence electrons. The van der Waals surface area contributed by atoms with Gasteiger partial charge in [-0.25, -0.2) is 9.82 Å². The molecule has 2 N–H and O–H groups in total. The zero-order valence-corrected chi connectivity index (χ0v) is 20.3. The van der Waals surface area contributed by atoms with Gasteiger partial charge in [0.1, 0.15) is 12.4 Å². The summed E-state index contributed by atoms with van der Waals surface area (Å²) in [6.45, 7) is 5.82. The third-order valence-corrected chi connectivity index (χ3v) is 5.28. The summed E-state index contributed by atoms with van der Waals surface area (Å²) in [4.78, 5) is 24.3. The van der Waals surface area contributed by atoms with E-state index in [0.717, 1.165) is 11.1 Å². The zero-order chi connectivity index (χ0) is 25.4. The van der Waals surface area contributed by atoms with Crippen LogP contribution in [0.25, 0.3) is 0 Å². The van der Waals surface area contributed by atoms with Crippen molar-refractivity contribution in [2.24, 2.45) is 5.10 Å². The minimum Gasteiger partial charge on any atom is -0.490 e. The molecule has 0 heterocycles. The second-order valence-electron chi connectivity index (χ2n) is 7.60. The normalized spacial score (nSPS) is 10.8. The molecule has 0 saturated heterocycles. The highest BCUT2D eigenvalue weighted by atomic mass is 35.5. The highest BCUT2D eigenvalue weighted by Crippen LogP contribution is 2.30. The first-order chi connectivity index (χ1) is 16.8. The van der Waals surface area contributed by atoms with Crippen LogP contribution in [0.1, 0.15) is 29.2 Å². The Morgan fingerprint density at radius 2 is 1.83 bits per heavy atom. The number of amides is 2. The van der Waals surface area contributed by atoms with Crippen LogP contribution in [0.15, 0.2) is 59.7 Å². The van der Waals surface area contributed by atoms with E-state index >= 15 is 0 Å². The number of hydrogen-bond acceptors (Lipinski definition) is 5. The maximum Gasteiger partial charge on any atom is 0.329 e. The average Bonchev–Trinajstić information content (AvgIpc) is 2.82. The fourth-order valence-corrected chi connectivity index (χ4v) is 3.30. The van der Waals surface area contributed by atoms with Crippen molar-refractivity contribution in [3.8, 4) is 11.5 Å². The molecule has 0 fully saturated rings. The first-order valence-corrected chi connectivity index (χ1v) is 11.2.